The number of carbonyl (C=O) groups excluding carboxylic acids is 1. The number of Topliss-reactive ketones (excluding diaryl/α,β-unsaturated/α-hetero) is 1. The van der Waals surface area contributed by atoms with Crippen LogP contribution in [0, 0.1) is 11.3 Å². The highest BCUT2D eigenvalue weighted by Gasteiger charge is 2.16. The molecule has 1 atom stereocenters. The summed E-state index contributed by atoms with van der Waals surface area (Å²) in [5.74, 6) is -0.251. The molecule has 0 aliphatic heterocycles. The van der Waals surface area contributed by atoms with Crippen molar-refractivity contribution in [1.29, 1.82) is 5.26 Å². The Bertz CT molecular complexity index is 409. The maximum atomic E-state index is 11.6. The molecular weight excluding hydrogens is 218 g/mol. The predicted molar refractivity (Wildman–Crippen MR) is 58.1 cm³/mol. The highest BCUT2D eigenvalue weighted by atomic mass is 35.5. The minimum Gasteiger partial charge on any atom is -0.292 e. The third-order valence-corrected chi connectivity index (χ3v) is 2.23. The fourth-order valence-corrected chi connectivity index (χ4v) is 1.37. The van der Waals surface area contributed by atoms with Crippen LogP contribution in [0.1, 0.15) is 22.8 Å². The van der Waals surface area contributed by atoms with E-state index in [4.69, 9.17) is 16.9 Å². The number of ketones is 1. The zero-order chi connectivity index (χ0) is 10.7. The third kappa shape index (κ3) is 2.28. The van der Waals surface area contributed by atoms with Gasteiger partial charge in [-0.05, 0) is 25.1 Å². The van der Waals surface area contributed by atoms with Gasteiger partial charge in [-0.3, -0.25) is 4.79 Å². The van der Waals surface area contributed by atoms with Gasteiger partial charge in [0.15, 0.2) is 5.78 Å². The Labute approximate surface area is 92.9 Å². The monoisotopic (exact) mass is 225 g/mol. The molecule has 1 aromatic rings. The largest absolute Gasteiger partial charge is 0.292 e. The van der Waals surface area contributed by atoms with E-state index in [1.54, 1.807) is 25.1 Å². The molecule has 0 aliphatic carbocycles. The molecule has 0 saturated heterocycles. The number of carbonyl (C=O) groups is 1. The van der Waals surface area contributed by atoms with Crippen LogP contribution in [0.3, 0.4) is 0 Å². The molecule has 0 fully saturated rings. The van der Waals surface area contributed by atoms with Gasteiger partial charge >= 0.3 is 0 Å². The van der Waals surface area contributed by atoms with E-state index in [9.17, 15) is 4.79 Å². The first kappa shape index (κ1) is 11.1. The van der Waals surface area contributed by atoms with Crippen LogP contribution in [0.25, 0.3) is 0 Å². The topological polar surface area (TPSA) is 40.9 Å². The van der Waals surface area contributed by atoms with Crippen LogP contribution in [0.4, 0.5) is 0 Å². The molecule has 4 heteroatoms. The minimum atomic E-state index is -0.628. The Kier molecular flexibility index (Phi) is 3.56. The summed E-state index contributed by atoms with van der Waals surface area (Å²) in [6.45, 7) is 1.58. The summed E-state index contributed by atoms with van der Waals surface area (Å²) in [6, 6.07) is 6.73. The van der Waals surface area contributed by atoms with E-state index in [1.807, 2.05) is 6.07 Å². The van der Waals surface area contributed by atoms with Crippen molar-refractivity contribution < 1.29 is 4.79 Å². The maximum Gasteiger partial charge on any atom is 0.181 e. The fourth-order valence-electron chi connectivity index (χ4n) is 1.05. The standard InChI is InChI=1S/C10H8ClNOS/c1-6(11)10(13)9-4-8(14)3-2-7(9)5-12/h2-4,6,14H,1H3. The first-order chi connectivity index (χ1) is 6.56. The van der Waals surface area contributed by atoms with E-state index in [-0.39, 0.29) is 5.78 Å². The molecule has 0 N–H and O–H groups in total. The Hall–Kier alpha value is -0.980. The molecule has 72 valence electrons. The molecule has 14 heavy (non-hydrogen) atoms. The van der Waals surface area contributed by atoms with Crippen molar-refractivity contribution >= 4 is 30.0 Å². The Morgan fingerprint density at radius 1 is 1.64 bits per heavy atom. The molecule has 0 aromatic heterocycles. The van der Waals surface area contributed by atoms with E-state index in [2.05, 4.69) is 12.6 Å². The van der Waals surface area contributed by atoms with Crippen molar-refractivity contribution in [3.63, 3.8) is 0 Å². The smallest absolute Gasteiger partial charge is 0.181 e. The summed E-state index contributed by atoms with van der Waals surface area (Å²) < 4.78 is 0. The zero-order valence-electron chi connectivity index (χ0n) is 7.49. The number of nitrogens with zero attached hydrogens (tertiary/aromatic N) is 1. The summed E-state index contributed by atoms with van der Waals surface area (Å²) in [4.78, 5) is 12.2. The lowest BCUT2D eigenvalue weighted by atomic mass is 10.0. The quantitative estimate of drug-likeness (QED) is 0.478. The van der Waals surface area contributed by atoms with Crippen LogP contribution in [0.2, 0.25) is 0 Å². The minimum absolute atomic E-state index is 0.251. The van der Waals surface area contributed by atoms with Gasteiger partial charge in [-0.1, -0.05) is 0 Å². The fraction of sp³-hybridized carbons (Fsp3) is 0.200. The van der Waals surface area contributed by atoms with Gasteiger partial charge < -0.3 is 0 Å². The Morgan fingerprint density at radius 2 is 2.29 bits per heavy atom. The predicted octanol–water partition coefficient (Wildman–Crippen LogP) is 2.66. The number of alkyl halides is 1. The van der Waals surface area contributed by atoms with Crippen LogP contribution in [-0.2, 0) is 0 Å². The normalized spacial score (nSPS) is 11.9. The number of benzene rings is 1. The van der Waals surface area contributed by atoms with Crippen molar-refractivity contribution in [1.82, 2.24) is 0 Å². The average Bonchev–Trinajstić information content (AvgIpc) is 2.16. The molecule has 2 nitrogen and oxygen atoms in total. The summed E-state index contributed by atoms with van der Waals surface area (Å²) in [7, 11) is 0. The summed E-state index contributed by atoms with van der Waals surface area (Å²) in [5, 5.41) is 8.14. The number of hydrogen-bond acceptors (Lipinski definition) is 3. The highest BCUT2D eigenvalue weighted by Crippen LogP contribution is 2.17. The molecule has 0 radical (unpaired) electrons. The maximum absolute atomic E-state index is 11.6. The van der Waals surface area contributed by atoms with Crippen molar-refractivity contribution in [2.45, 2.75) is 17.2 Å². The van der Waals surface area contributed by atoms with Crippen LogP contribution in [0.5, 0.6) is 0 Å². The van der Waals surface area contributed by atoms with Crippen LogP contribution in [-0.4, -0.2) is 11.2 Å². The van der Waals surface area contributed by atoms with Crippen LogP contribution < -0.4 is 0 Å². The van der Waals surface area contributed by atoms with E-state index >= 15 is 0 Å². The van der Waals surface area contributed by atoms with Gasteiger partial charge in [-0.2, -0.15) is 5.26 Å². The number of halogens is 1. The second-order valence-electron chi connectivity index (χ2n) is 2.82. The third-order valence-electron chi connectivity index (χ3n) is 1.75. The highest BCUT2D eigenvalue weighted by molar-refractivity contribution is 7.80. The zero-order valence-corrected chi connectivity index (χ0v) is 9.14. The molecule has 0 amide bonds. The lowest BCUT2D eigenvalue weighted by Crippen LogP contribution is -2.12. The van der Waals surface area contributed by atoms with Gasteiger partial charge in [0.1, 0.15) is 0 Å². The average molecular weight is 226 g/mol. The Morgan fingerprint density at radius 3 is 2.79 bits per heavy atom. The van der Waals surface area contributed by atoms with E-state index in [0.29, 0.717) is 16.0 Å². The second kappa shape index (κ2) is 4.50. The van der Waals surface area contributed by atoms with Crippen molar-refractivity contribution in [3.05, 3.63) is 29.3 Å². The van der Waals surface area contributed by atoms with Crippen LogP contribution >= 0.6 is 24.2 Å². The SMILES string of the molecule is CC(Cl)C(=O)c1cc(S)ccc1C#N. The number of hydrogen-bond donors (Lipinski definition) is 1. The number of thiol groups is 1. The van der Waals surface area contributed by atoms with Gasteiger partial charge in [0.05, 0.1) is 17.0 Å². The first-order valence-electron chi connectivity index (χ1n) is 3.97. The molecule has 0 heterocycles. The van der Waals surface area contributed by atoms with E-state index in [0.717, 1.165) is 0 Å². The Balaban J connectivity index is 3.26. The van der Waals surface area contributed by atoms with Crippen molar-refractivity contribution in [3.8, 4) is 6.07 Å². The molecule has 0 spiro atoms. The number of nitriles is 1. The van der Waals surface area contributed by atoms with E-state index in [1.165, 1.54) is 0 Å². The number of rotatable bonds is 2. The van der Waals surface area contributed by atoms with Gasteiger partial charge in [0.25, 0.3) is 0 Å². The summed E-state index contributed by atoms with van der Waals surface area (Å²) in [6.07, 6.45) is 0. The molecule has 1 aromatic carbocycles. The lowest BCUT2D eigenvalue weighted by Gasteiger charge is -2.05. The van der Waals surface area contributed by atoms with Crippen molar-refractivity contribution in [2.24, 2.45) is 0 Å². The van der Waals surface area contributed by atoms with Gasteiger partial charge in [0.2, 0.25) is 0 Å². The molecule has 0 bridgehead atoms. The van der Waals surface area contributed by atoms with Gasteiger partial charge in [0, 0.05) is 10.5 Å². The summed E-state index contributed by atoms with van der Waals surface area (Å²) >= 11 is 9.76. The molecule has 1 unspecified atom stereocenters. The van der Waals surface area contributed by atoms with Gasteiger partial charge in [-0.15, -0.1) is 24.2 Å². The van der Waals surface area contributed by atoms with Crippen LogP contribution in [0.15, 0.2) is 23.1 Å². The van der Waals surface area contributed by atoms with E-state index < -0.39 is 5.38 Å². The molecule has 0 aliphatic rings. The first-order valence-corrected chi connectivity index (χ1v) is 4.86. The molecule has 0 saturated carbocycles. The lowest BCUT2D eigenvalue weighted by molar-refractivity contribution is 0.0991. The second-order valence-corrected chi connectivity index (χ2v) is 3.99. The molecule has 1 rings (SSSR count). The molecular formula is C10H8ClNOS. The van der Waals surface area contributed by atoms with Crippen molar-refractivity contribution in [2.75, 3.05) is 0 Å². The summed E-state index contributed by atoms with van der Waals surface area (Å²) in [5.41, 5.74) is 0.669. The van der Waals surface area contributed by atoms with Gasteiger partial charge in [-0.25, -0.2) is 0 Å².